The molecule has 0 fully saturated rings. The van der Waals surface area contributed by atoms with E-state index >= 15 is 0 Å². The van der Waals surface area contributed by atoms with Crippen molar-refractivity contribution < 1.29 is 23.1 Å². The molecule has 0 bridgehead atoms. The highest BCUT2D eigenvalue weighted by molar-refractivity contribution is 7.92. The van der Waals surface area contributed by atoms with Crippen LogP contribution in [-0.2, 0) is 21.2 Å². The fourth-order valence-corrected chi connectivity index (χ4v) is 3.18. The van der Waals surface area contributed by atoms with Crippen molar-refractivity contribution in [3.8, 4) is 0 Å². The predicted octanol–water partition coefficient (Wildman–Crippen LogP) is 1.47. The van der Waals surface area contributed by atoms with Crippen LogP contribution in [0.5, 0.6) is 0 Å². The van der Waals surface area contributed by atoms with Crippen LogP contribution in [0.3, 0.4) is 0 Å². The van der Waals surface area contributed by atoms with Gasteiger partial charge in [-0.05, 0) is 29.8 Å². The summed E-state index contributed by atoms with van der Waals surface area (Å²) in [6.45, 7) is 0. The summed E-state index contributed by atoms with van der Waals surface area (Å²) < 4.78 is 27.4. The molecule has 0 spiro atoms. The van der Waals surface area contributed by atoms with E-state index in [1.165, 1.54) is 31.3 Å². The van der Waals surface area contributed by atoms with Crippen LogP contribution in [0.1, 0.15) is 15.9 Å². The fourth-order valence-electron chi connectivity index (χ4n) is 2.04. The molecular weight excluding hydrogens is 332 g/mol. The van der Waals surface area contributed by atoms with Crippen molar-refractivity contribution in [2.45, 2.75) is 11.3 Å². The van der Waals surface area contributed by atoms with Gasteiger partial charge >= 0.3 is 5.97 Å². The van der Waals surface area contributed by atoms with Gasteiger partial charge in [0.1, 0.15) is 0 Å². The van der Waals surface area contributed by atoms with Crippen molar-refractivity contribution in [1.82, 2.24) is 5.32 Å². The van der Waals surface area contributed by atoms with Crippen LogP contribution in [0.25, 0.3) is 0 Å². The molecule has 0 saturated heterocycles. The number of carbonyl (C=O) groups is 2. The molecule has 2 aromatic rings. The Morgan fingerprint density at radius 2 is 1.79 bits per heavy atom. The van der Waals surface area contributed by atoms with Gasteiger partial charge in [-0.15, -0.1) is 0 Å². The summed E-state index contributed by atoms with van der Waals surface area (Å²) in [4.78, 5) is 22.4. The first-order chi connectivity index (χ1) is 11.3. The van der Waals surface area contributed by atoms with Gasteiger partial charge in [-0.2, -0.15) is 0 Å². The Balaban J connectivity index is 2.35. The second kappa shape index (κ2) is 7.14. The molecule has 0 atom stereocenters. The number of nitrogens with one attached hydrogen (secondary N) is 2. The van der Waals surface area contributed by atoms with Gasteiger partial charge in [-0.3, -0.25) is 9.52 Å². The minimum atomic E-state index is -3.98. The molecule has 7 nitrogen and oxygen atoms in total. The van der Waals surface area contributed by atoms with Crippen molar-refractivity contribution in [2.75, 3.05) is 11.8 Å². The topological polar surface area (TPSA) is 113 Å². The van der Waals surface area contributed by atoms with Crippen molar-refractivity contribution in [3.63, 3.8) is 0 Å². The van der Waals surface area contributed by atoms with Crippen molar-refractivity contribution in [1.29, 1.82) is 0 Å². The molecule has 0 aliphatic rings. The van der Waals surface area contributed by atoms with Crippen molar-refractivity contribution in [3.05, 3.63) is 59.7 Å². The number of rotatable bonds is 6. The van der Waals surface area contributed by atoms with E-state index in [-0.39, 0.29) is 28.5 Å². The molecule has 0 heterocycles. The predicted molar refractivity (Wildman–Crippen MR) is 88.4 cm³/mol. The Morgan fingerprint density at radius 1 is 1.08 bits per heavy atom. The van der Waals surface area contributed by atoms with E-state index in [1.807, 2.05) is 0 Å². The number of carboxylic acids is 1. The van der Waals surface area contributed by atoms with Gasteiger partial charge in [0.2, 0.25) is 5.91 Å². The minimum Gasteiger partial charge on any atom is -0.478 e. The standard InChI is InChI=1S/C16H16N2O5S/c1-17-15(19)10-11-5-2-3-8-14(11)18-24(22,23)13-7-4-6-12(9-13)16(20)21/h2-9,18H,10H2,1H3,(H,17,19)(H,20,21). The lowest BCUT2D eigenvalue weighted by atomic mass is 10.1. The zero-order valence-electron chi connectivity index (χ0n) is 12.8. The van der Waals surface area contributed by atoms with Crippen LogP contribution >= 0.6 is 0 Å². The Hall–Kier alpha value is -2.87. The number of aromatic carboxylic acids is 1. The Labute approximate surface area is 139 Å². The van der Waals surface area contributed by atoms with E-state index in [0.29, 0.717) is 5.56 Å². The van der Waals surface area contributed by atoms with Crippen molar-refractivity contribution >= 4 is 27.6 Å². The lowest BCUT2D eigenvalue weighted by molar-refractivity contribution is -0.119. The number of amides is 1. The highest BCUT2D eigenvalue weighted by Gasteiger charge is 2.18. The van der Waals surface area contributed by atoms with E-state index in [2.05, 4.69) is 10.0 Å². The van der Waals surface area contributed by atoms with Gasteiger partial charge in [0.15, 0.2) is 0 Å². The largest absolute Gasteiger partial charge is 0.478 e. The SMILES string of the molecule is CNC(=O)Cc1ccccc1NS(=O)(=O)c1cccc(C(=O)O)c1. The molecule has 3 N–H and O–H groups in total. The molecule has 0 unspecified atom stereocenters. The van der Waals surface area contributed by atoms with E-state index in [1.54, 1.807) is 18.2 Å². The molecule has 0 aromatic heterocycles. The summed E-state index contributed by atoms with van der Waals surface area (Å²) in [6, 6.07) is 11.6. The van der Waals surface area contributed by atoms with Gasteiger partial charge in [0.05, 0.1) is 22.6 Å². The summed E-state index contributed by atoms with van der Waals surface area (Å²) in [5.41, 5.74) is 0.646. The van der Waals surface area contributed by atoms with E-state index in [4.69, 9.17) is 5.11 Å². The van der Waals surface area contributed by atoms with Gasteiger partial charge in [-0.1, -0.05) is 24.3 Å². The summed E-state index contributed by atoms with van der Waals surface area (Å²) in [5.74, 6) is -1.47. The van der Waals surface area contributed by atoms with Crippen LogP contribution in [0.15, 0.2) is 53.4 Å². The molecule has 0 saturated carbocycles. The number of para-hydroxylation sites is 1. The summed E-state index contributed by atoms with van der Waals surface area (Å²) in [7, 11) is -2.49. The van der Waals surface area contributed by atoms with Crippen LogP contribution < -0.4 is 10.0 Å². The molecule has 8 heteroatoms. The molecule has 0 aliphatic carbocycles. The summed E-state index contributed by atoms with van der Waals surface area (Å²) >= 11 is 0. The Bertz CT molecular complexity index is 878. The molecule has 1 amide bonds. The molecule has 2 aromatic carbocycles. The molecule has 0 aliphatic heterocycles. The first kappa shape index (κ1) is 17.5. The maximum absolute atomic E-state index is 12.5. The summed E-state index contributed by atoms with van der Waals surface area (Å²) in [5, 5.41) is 11.4. The number of carboxylic acid groups (broad SMARTS) is 1. The van der Waals surface area contributed by atoms with E-state index < -0.39 is 16.0 Å². The average molecular weight is 348 g/mol. The highest BCUT2D eigenvalue weighted by Crippen LogP contribution is 2.21. The first-order valence-electron chi connectivity index (χ1n) is 6.98. The van der Waals surface area contributed by atoms with Crippen molar-refractivity contribution in [2.24, 2.45) is 0 Å². The third-order valence-corrected chi connectivity index (χ3v) is 4.65. The molecular formula is C16H16N2O5S. The lowest BCUT2D eigenvalue weighted by Crippen LogP contribution is -2.21. The third-order valence-electron chi connectivity index (χ3n) is 3.28. The van der Waals surface area contributed by atoms with Crippen LogP contribution in [0.4, 0.5) is 5.69 Å². The maximum atomic E-state index is 12.5. The monoisotopic (exact) mass is 348 g/mol. The van der Waals surface area contributed by atoms with Gasteiger partial charge in [0.25, 0.3) is 10.0 Å². The second-order valence-corrected chi connectivity index (χ2v) is 6.63. The van der Waals surface area contributed by atoms with E-state index in [0.717, 1.165) is 6.07 Å². The first-order valence-corrected chi connectivity index (χ1v) is 8.46. The normalized spacial score (nSPS) is 10.9. The number of likely N-dealkylation sites (N-methyl/N-ethyl adjacent to an activating group) is 1. The van der Waals surface area contributed by atoms with Crippen LogP contribution in [-0.4, -0.2) is 32.4 Å². The van der Waals surface area contributed by atoms with Gasteiger partial charge in [0, 0.05) is 7.05 Å². The number of sulfonamides is 1. The van der Waals surface area contributed by atoms with Gasteiger partial charge < -0.3 is 10.4 Å². The average Bonchev–Trinajstić information content (AvgIpc) is 2.56. The maximum Gasteiger partial charge on any atom is 0.335 e. The number of carbonyl (C=O) groups excluding carboxylic acids is 1. The molecule has 0 radical (unpaired) electrons. The number of benzene rings is 2. The van der Waals surface area contributed by atoms with Gasteiger partial charge in [-0.25, -0.2) is 13.2 Å². The Kier molecular flexibility index (Phi) is 5.20. The molecule has 2 rings (SSSR count). The zero-order chi connectivity index (χ0) is 17.7. The molecule has 126 valence electrons. The van der Waals surface area contributed by atoms with Crippen LogP contribution in [0, 0.1) is 0 Å². The lowest BCUT2D eigenvalue weighted by Gasteiger charge is -2.12. The minimum absolute atomic E-state index is 0.0182. The highest BCUT2D eigenvalue weighted by atomic mass is 32.2. The molecule has 24 heavy (non-hydrogen) atoms. The third kappa shape index (κ3) is 4.11. The van der Waals surface area contributed by atoms with Crippen LogP contribution in [0.2, 0.25) is 0 Å². The smallest absolute Gasteiger partial charge is 0.335 e. The number of hydrogen-bond donors (Lipinski definition) is 3. The van der Waals surface area contributed by atoms with E-state index in [9.17, 15) is 18.0 Å². The quantitative estimate of drug-likeness (QED) is 0.732. The zero-order valence-corrected chi connectivity index (χ0v) is 13.6. The number of anilines is 1. The summed E-state index contributed by atoms with van der Waals surface area (Å²) in [6.07, 6.45) is 0.0182. The second-order valence-electron chi connectivity index (χ2n) is 4.95. The fraction of sp³-hybridized carbons (Fsp3) is 0.125. The number of hydrogen-bond acceptors (Lipinski definition) is 4. The Morgan fingerprint density at radius 3 is 2.46 bits per heavy atom.